The number of carbonyl (C=O) groups is 2. The second kappa shape index (κ2) is 11.5. The third-order valence-electron chi connectivity index (χ3n) is 4.82. The second-order valence-electron chi connectivity index (χ2n) is 7.34. The Morgan fingerprint density at radius 2 is 1.66 bits per heavy atom. The van der Waals surface area contributed by atoms with E-state index in [-0.39, 0.29) is 12.3 Å². The van der Waals surface area contributed by atoms with Crippen molar-refractivity contribution in [3.63, 3.8) is 0 Å². The number of para-hydroxylation sites is 2. The quantitative estimate of drug-likeness (QED) is 0.296. The number of nitrogens with one attached hydrogen (secondary N) is 2. The van der Waals surface area contributed by atoms with Crippen LogP contribution in [0.25, 0.3) is 0 Å². The first-order valence-electron chi connectivity index (χ1n) is 10.5. The van der Waals surface area contributed by atoms with Gasteiger partial charge in [0.15, 0.2) is 0 Å². The lowest BCUT2D eigenvalue weighted by Gasteiger charge is -2.10. The molecule has 3 aromatic rings. The van der Waals surface area contributed by atoms with E-state index in [1.807, 2.05) is 86.6 Å². The van der Waals surface area contributed by atoms with Gasteiger partial charge < -0.3 is 10.1 Å². The summed E-state index contributed by atoms with van der Waals surface area (Å²) >= 11 is 0. The lowest BCUT2D eigenvalue weighted by Crippen LogP contribution is -2.25. The molecular formula is C26H27N3O3. The summed E-state index contributed by atoms with van der Waals surface area (Å²) in [6.45, 7) is 4.48. The Labute approximate surface area is 188 Å². The predicted molar refractivity (Wildman–Crippen MR) is 127 cm³/mol. The molecule has 6 nitrogen and oxygen atoms in total. The zero-order valence-electron chi connectivity index (χ0n) is 18.3. The highest BCUT2D eigenvalue weighted by molar-refractivity contribution is 6.04. The molecule has 2 N–H and O–H groups in total. The average Bonchev–Trinajstić information content (AvgIpc) is 2.79. The smallest absolute Gasteiger partial charge is 0.249 e. The first kappa shape index (κ1) is 22.7. The Morgan fingerprint density at radius 1 is 0.938 bits per heavy atom. The highest BCUT2D eigenvalue weighted by Crippen LogP contribution is 2.18. The number of benzene rings is 3. The maximum Gasteiger partial charge on any atom is 0.249 e. The van der Waals surface area contributed by atoms with E-state index in [0.29, 0.717) is 12.4 Å². The lowest BCUT2D eigenvalue weighted by molar-refractivity contribution is -0.126. The van der Waals surface area contributed by atoms with Crippen molar-refractivity contribution in [3.8, 4) is 5.75 Å². The number of anilines is 1. The number of aryl methyl sites for hydroxylation is 2. The van der Waals surface area contributed by atoms with E-state index in [2.05, 4.69) is 15.8 Å². The van der Waals surface area contributed by atoms with Crippen LogP contribution in [0.3, 0.4) is 0 Å². The molecular weight excluding hydrogens is 402 g/mol. The van der Waals surface area contributed by atoms with Crippen LogP contribution < -0.4 is 15.5 Å². The molecule has 0 aliphatic rings. The minimum atomic E-state index is -0.495. The summed E-state index contributed by atoms with van der Waals surface area (Å²) in [5, 5.41) is 6.75. The number of rotatable bonds is 9. The molecule has 0 fully saturated rings. The highest BCUT2D eigenvalue weighted by Gasteiger charge is 2.10. The topological polar surface area (TPSA) is 79.8 Å². The normalized spacial score (nSPS) is 10.7. The van der Waals surface area contributed by atoms with Crippen LogP contribution in [0.4, 0.5) is 5.69 Å². The van der Waals surface area contributed by atoms with Gasteiger partial charge in [-0.25, -0.2) is 5.43 Å². The van der Waals surface area contributed by atoms with E-state index in [9.17, 15) is 9.59 Å². The number of ether oxygens (including phenoxy) is 1. The summed E-state index contributed by atoms with van der Waals surface area (Å²) in [5.41, 5.74) is 7.11. The van der Waals surface area contributed by atoms with Gasteiger partial charge in [-0.15, -0.1) is 0 Å². The van der Waals surface area contributed by atoms with E-state index in [0.717, 1.165) is 28.8 Å². The number of hydrazone groups is 1. The standard InChI is InChI=1S/C26H27N3O3/c1-3-21-8-4-6-10-23(21)28-25(30)16-26(31)29-27-17-22-9-5-7-11-24(22)32-18-20-14-12-19(2)13-15-20/h4-15,17H,3,16,18H2,1-2H3,(H,28,30)(H,29,31). The van der Waals surface area contributed by atoms with Crippen molar-refractivity contribution in [2.45, 2.75) is 33.3 Å². The fraction of sp³-hybridized carbons (Fsp3) is 0.192. The highest BCUT2D eigenvalue weighted by atomic mass is 16.5. The first-order chi connectivity index (χ1) is 15.5. The summed E-state index contributed by atoms with van der Waals surface area (Å²) in [5.74, 6) is -0.230. The van der Waals surface area contributed by atoms with Crippen LogP contribution in [0.1, 0.15) is 35.6 Å². The molecule has 6 heteroatoms. The van der Waals surface area contributed by atoms with Gasteiger partial charge in [-0.05, 0) is 42.7 Å². The summed E-state index contributed by atoms with van der Waals surface area (Å²) in [6, 6.07) is 23.1. The predicted octanol–water partition coefficient (Wildman–Crippen LogP) is 4.62. The number of hydrogen-bond acceptors (Lipinski definition) is 4. The van der Waals surface area contributed by atoms with Crippen LogP contribution in [0.15, 0.2) is 77.9 Å². The summed E-state index contributed by atoms with van der Waals surface area (Å²) in [7, 11) is 0. The number of amides is 2. The largest absolute Gasteiger partial charge is 0.488 e. The number of hydrogen-bond donors (Lipinski definition) is 2. The van der Waals surface area contributed by atoms with Crippen molar-refractivity contribution in [1.82, 2.24) is 5.43 Å². The van der Waals surface area contributed by atoms with Crippen LogP contribution in [0, 0.1) is 6.92 Å². The van der Waals surface area contributed by atoms with Crippen molar-refractivity contribution < 1.29 is 14.3 Å². The van der Waals surface area contributed by atoms with Gasteiger partial charge in [-0.1, -0.05) is 67.1 Å². The molecule has 0 aliphatic carbocycles. The second-order valence-corrected chi connectivity index (χ2v) is 7.34. The Balaban J connectivity index is 1.52. The average molecular weight is 430 g/mol. The molecule has 32 heavy (non-hydrogen) atoms. The minimum Gasteiger partial charge on any atom is -0.488 e. The molecule has 3 rings (SSSR count). The summed E-state index contributed by atoms with van der Waals surface area (Å²) in [4.78, 5) is 24.3. The molecule has 0 unspecified atom stereocenters. The molecule has 0 spiro atoms. The van der Waals surface area contributed by atoms with E-state index >= 15 is 0 Å². The summed E-state index contributed by atoms with van der Waals surface area (Å²) in [6.07, 6.45) is 1.98. The fourth-order valence-corrected chi connectivity index (χ4v) is 3.07. The Morgan fingerprint density at radius 3 is 2.44 bits per heavy atom. The van der Waals surface area contributed by atoms with Gasteiger partial charge in [-0.2, -0.15) is 5.10 Å². The Bertz CT molecular complexity index is 1090. The van der Waals surface area contributed by atoms with Gasteiger partial charge in [0.2, 0.25) is 11.8 Å². The van der Waals surface area contributed by atoms with Crippen LogP contribution in [-0.2, 0) is 22.6 Å². The number of nitrogens with zero attached hydrogens (tertiary/aromatic N) is 1. The third kappa shape index (κ3) is 6.80. The van der Waals surface area contributed by atoms with E-state index in [4.69, 9.17) is 4.74 Å². The Hall–Kier alpha value is -3.93. The van der Waals surface area contributed by atoms with E-state index < -0.39 is 5.91 Å². The van der Waals surface area contributed by atoms with Gasteiger partial charge in [0.25, 0.3) is 0 Å². The van der Waals surface area contributed by atoms with Crippen molar-refractivity contribution in [1.29, 1.82) is 0 Å². The molecule has 0 bridgehead atoms. The monoisotopic (exact) mass is 429 g/mol. The maximum atomic E-state index is 12.2. The van der Waals surface area contributed by atoms with Crippen LogP contribution in [0.2, 0.25) is 0 Å². The van der Waals surface area contributed by atoms with Crippen molar-refractivity contribution in [2.75, 3.05) is 5.32 Å². The van der Waals surface area contributed by atoms with Gasteiger partial charge in [0, 0.05) is 11.3 Å². The fourth-order valence-electron chi connectivity index (χ4n) is 3.07. The van der Waals surface area contributed by atoms with E-state index in [1.54, 1.807) is 0 Å². The van der Waals surface area contributed by atoms with Crippen molar-refractivity contribution in [2.24, 2.45) is 5.10 Å². The van der Waals surface area contributed by atoms with Gasteiger partial charge >= 0.3 is 0 Å². The molecule has 0 saturated carbocycles. The SMILES string of the molecule is CCc1ccccc1NC(=O)CC(=O)NN=Cc1ccccc1OCc1ccc(C)cc1. The van der Waals surface area contributed by atoms with Gasteiger partial charge in [0.05, 0.1) is 6.21 Å². The van der Waals surface area contributed by atoms with Gasteiger partial charge in [0.1, 0.15) is 18.8 Å². The zero-order chi connectivity index (χ0) is 22.8. The molecule has 0 radical (unpaired) electrons. The molecule has 0 atom stereocenters. The molecule has 0 heterocycles. The summed E-state index contributed by atoms with van der Waals surface area (Å²) < 4.78 is 5.91. The molecule has 0 aliphatic heterocycles. The Kier molecular flexibility index (Phi) is 8.15. The molecule has 0 saturated heterocycles. The first-order valence-corrected chi connectivity index (χ1v) is 10.5. The molecule has 164 valence electrons. The lowest BCUT2D eigenvalue weighted by atomic mass is 10.1. The van der Waals surface area contributed by atoms with Gasteiger partial charge in [-0.3, -0.25) is 9.59 Å². The molecule has 0 aromatic heterocycles. The maximum absolute atomic E-state index is 12.2. The van der Waals surface area contributed by atoms with Crippen LogP contribution in [-0.4, -0.2) is 18.0 Å². The molecule has 2 amide bonds. The minimum absolute atomic E-state index is 0.318. The third-order valence-corrected chi connectivity index (χ3v) is 4.82. The number of carbonyl (C=O) groups excluding carboxylic acids is 2. The van der Waals surface area contributed by atoms with Crippen LogP contribution >= 0.6 is 0 Å². The van der Waals surface area contributed by atoms with Crippen molar-refractivity contribution >= 4 is 23.7 Å². The zero-order valence-corrected chi connectivity index (χ0v) is 18.3. The van der Waals surface area contributed by atoms with E-state index in [1.165, 1.54) is 11.8 Å². The molecule has 3 aromatic carbocycles. The van der Waals surface area contributed by atoms with Crippen molar-refractivity contribution in [3.05, 3.63) is 95.1 Å². The van der Waals surface area contributed by atoms with Crippen LogP contribution in [0.5, 0.6) is 5.75 Å².